The molecule has 1 aliphatic heterocycles. The molecule has 2 aromatic carbocycles. The number of hydrogen-bond acceptors (Lipinski definition) is 3. The Morgan fingerprint density at radius 2 is 1.67 bits per heavy atom. The molecular formula is C15H12O3. The number of ether oxygens (including phenoxy) is 1. The highest BCUT2D eigenvalue weighted by molar-refractivity contribution is 6.00. The van der Waals surface area contributed by atoms with Gasteiger partial charge < -0.3 is 9.84 Å². The normalized spacial score (nSPS) is 21.2. The summed E-state index contributed by atoms with van der Waals surface area (Å²) in [4.78, 5) is 12.2. The Morgan fingerprint density at radius 1 is 1.00 bits per heavy atom. The first-order valence-electron chi connectivity index (χ1n) is 5.80. The van der Waals surface area contributed by atoms with Crippen molar-refractivity contribution in [3.8, 4) is 5.75 Å². The van der Waals surface area contributed by atoms with Gasteiger partial charge in [-0.2, -0.15) is 0 Å². The summed E-state index contributed by atoms with van der Waals surface area (Å²) in [6, 6.07) is 16.1. The Bertz CT molecular complexity index is 577. The van der Waals surface area contributed by atoms with Crippen LogP contribution in [0, 0.1) is 0 Å². The van der Waals surface area contributed by atoms with Crippen molar-refractivity contribution >= 4 is 5.78 Å². The quantitative estimate of drug-likeness (QED) is 0.820. The van der Waals surface area contributed by atoms with E-state index in [0.717, 1.165) is 0 Å². The maximum absolute atomic E-state index is 12.2. The van der Waals surface area contributed by atoms with Gasteiger partial charge in [-0.25, -0.2) is 0 Å². The highest BCUT2D eigenvalue weighted by Crippen LogP contribution is 2.37. The molecule has 90 valence electrons. The first kappa shape index (κ1) is 11.0. The van der Waals surface area contributed by atoms with Gasteiger partial charge in [-0.3, -0.25) is 4.79 Å². The van der Waals surface area contributed by atoms with Crippen LogP contribution in [0.3, 0.4) is 0 Å². The zero-order valence-corrected chi connectivity index (χ0v) is 9.61. The molecule has 0 spiro atoms. The maximum Gasteiger partial charge on any atom is 0.206 e. The number of hydrogen-bond donors (Lipinski definition) is 1. The molecule has 1 aliphatic rings. The summed E-state index contributed by atoms with van der Waals surface area (Å²) in [6.07, 6.45) is -1.74. The zero-order chi connectivity index (χ0) is 12.5. The van der Waals surface area contributed by atoms with E-state index in [4.69, 9.17) is 4.74 Å². The fraction of sp³-hybridized carbons (Fsp3) is 0.133. The Morgan fingerprint density at radius 3 is 2.39 bits per heavy atom. The minimum atomic E-state index is -0.895. The van der Waals surface area contributed by atoms with Crippen LogP contribution in [-0.2, 0) is 0 Å². The van der Waals surface area contributed by atoms with Crippen molar-refractivity contribution in [2.45, 2.75) is 12.2 Å². The minimum Gasteiger partial charge on any atom is -0.479 e. The van der Waals surface area contributed by atoms with Crippen LogP contribution in [0.4, 0.5) is 0 Å². The second kappa shape index (κ2) is 4.27. The van der Waals surface area contributed by atoms with Crippen molar-refractivity contribution in [3.05, 3.63) is 65.7 Å². The van der Waals surface area contributed by atoms with Crippen LogP contribution < -0.4 is 4.74 Å². The Labute approximate surface area is 105 Å². The van der Waals surface area contributed by atoms with Crippen LogP contribution in [0.2, 0.25) is 0 Å². The van der Waals surface area contributed by atoms with Gasteiger partial charge in [0.05, 0.1) is 0 Å². The lowest BCUT2D eigenvalue weighted by Crippen LogP contribution is -2.29. The molecule has 0 aliphatic carbocycles. The third-order valence-electron chi connectivity index (χ3n) is 3.10. The van der Waals surface area contributed by atoms with E-state index in [2.05, 4.69) is 0 Å². The number of benzene rings is 2. The van der Waals surface area contributed by atoms with Crippen LogP contribution >= 0.6 is 0 Å². The van der Waals surface area contributed by atoms with Crippen molar-refractivity contribution in [1.29, 1.82) is 0 Å². The largest absolute Gasteiger partial charge is 0.479 e. The average Bonchev–Trinajstić information content (AvgIpc) is 2.77. The van der Waals surface area contributed by atoms with E-state index in [1.165, 1.54) is 0 Å². The van der Waals surface area contributed by atoms with Crippen molar-refractivity contribution in [1.82, 2.24) is 0 Å². The molecule has 1 heterocycles. The third kappa shape index (κ3) is 1.69. The minimum absolute atomic E-state index is 0.195. The summed E-state index contributed by atoms with van der Waals surface area (Å²) < 4.78 is 5.54. The van der Waals surface area contributed by atoms with Gasteiger partial charge in [0.2, 0.25) is 5.78 Å². The van der Waals surface area contributed by atoms with Gasteiger partial charge in [0, 0.05) is 11.1 Å². The number of carbonyl (C=O) groups excluding carboxylic acids is 1. The number of rotatable bonds is 2. The molecule has 18 heavy (non-hydrogen) atoms. The molecule has 0 radical (unpaired) electrons. The molecular weight excluding hydrogens is 228 g/mol. The number of Topliss-reactive ketones (excluding diaryl/α,β-unsaturated/α-hetero) is 1. The molecule has 0 saturated heterocycles. The lowest BCUT2D eigenvalue weighted by atomic mass is 9.99. The Kier molecular flexibility index (Phi) is 2.61. The molecule has 0 fully saturated rings. The third-order valence-corrected chi connectivity index (χ3v) is 3.10. The lowest BCUT2D eigenvalue weighted by molar-refractivity contribution is 0.0493. The fourth-order valence-electron chi connectivity index (χ4n) is 2.16. The van der Waals surface area contributed by atoms with E-state index in [1.54, 1.807) is 36.4 Å². The lowest BCUT2D eigenvalue weighted by Gasteiger charge is -2.13. The van der Waals surface area contributed by atoms with Gasteiger partial charge in [-0.15, -0.1) is 0 Å². The molecule has 0 aromatic heterocycles. The summed E-state index contributed by atoms with van der Waals surface area (Å²) >= 11 is 0. The van der Waals surface area contributed by atoms with E-state index in [1.807, 2.05) is 18.2 Å². The first-order valence-corrected chi connectivity index (χ1v) is 5.80. The van der Waals surface area contributed by atoms with Crippen molar-refractivity contribution in [2.75, 3.05) is 0 Å². The van der Waals surface area contributed by atoms with Crippen LogP contribution in [0.25, 0.3) is 0 Å². The molecule has 1 N–H and O–H groups in total. The molecule has 2 atom stereocenters. The number of fused-ring (bicyclic) bond motifs is 1. The second-order valence-corrected chi connectivity index (χ2v) is 4.25. The van der Waals surface area contributed by atoms with Crippen molar-refractivity contribution in [3.63, 3.8) is 0 Å². The topological polar surface area (TPSA) is 46.5 Å². The predicted octanol–water partition coefficient (Wildman–Crippen LogP) is 2.36. The van der Waals surface area contributed by atoms with Crippen molar-refractivity contribution in [2.24, 2.45) is 0 Å². The van der Waals surface area contributed by atoms with Crippen LogP contribution in [0.5, 0.6) is 5.75 Å². The van der Waals surface area contributed by atoms with E-state index in [9.17, 15) is 9.90 Å². The molecule has 0 bridgehead atoms. The summed E-state index contributed by atoms with van der Waals surface area (Å²) in [5.74, 6) is 0.388. The molecule has 3 heteroatoms. The van der Waals surface area contributed by atoms with Crippen LogP contribution in [0.1, 0.15) is 22.0 Å². The number of carbonyl (C=O) groups is 1. The SMILES string of the molecule is O=C(c1ccccc1)C1Oc2ccccc2C1O. The molecule has 2 unspecified atom stereocenters. The molecule has 0 saturated carbocycles. The number of aliphatic hydroxyl groups is 1. The molecule has 3 rings (SSSR count). The zero-order valence-electron chi connectivity index (χ0n) is 9.61. The highest BCUT2D eigenvalue weighted by Gasteiger charge is 2.38. The van der Waals surface area contributed by atoms with Gasteiger partial charge >= 0.3 is 0 Å². The number of aliphatic hydroxyl groups excluding tert-OH is 1. The van der Waals surface area contributed by atoms with Gasteiger partial charge in [0.1, 0.15) is 11.9 Å². The second-order valence-electron chi connectivity index (χ2n) is 4.25. The Hall–Kier alpha value is -2.13. The van der Waals surface area contributed by atoms with Crippen molar-refractivity contribution < 1.29 is 14.6 Å². The summed E-state index contributed by atoms with van der Waals surface area (Å²) in [6.45, 7) is 0. The fourth-order valence-corrected chi connectivity index (χ4v) is 2.16. The van der Waals surface area contributed by atoms with Crippen LogP contribution in [0.15, 0.2) is 54.6 Å². The summed E-state index contributed by atoms with van der Waals surface area (Å²) in [5.41, 5.74) is 1.22. The van der Waals surface area contributed by atoms with E-state index in [-0.39, 0.29) is 5.78 Å². The van der Waals surface area contributed by atoms with Gasteiger partial charge in [0.25, 0.3) is 0 Å². The predicted molar refractivity (Wildman–Crippen MR) is 66.6 cm³/mol. The molecule has 2 aromatic rings. The number of para-hydroxylation sites is 1. The monoisotopic (exact) mass is 240 g/mol. The van der Waals surface area contributed by atoms with Gasteiger partial charge in [-0.05, 0) is 6.07 Å². The smallest absolute Gasteiger partial charge is 0.206 e. The van der Waals surface area contributed by atoms with Gasteiger partial charge in [-0.1, -0.05) is 48.5 Å². The summed E-state index contributed by atoms with van der Waals surface area (Å²) in [5, 5.41) is 10.1. The van der Waals surface area contributed by atoms with E-state index < -0.39 is 12.2 Å². The first-order chi connectivity index (χ1) is 8.77. The van der Waals surface area contributed by atoms with Gasteiger partial charge in [0.15, 0.2) is 6.10 Å². The maximum atomic E-state index is 12.2. The highest BCUT2D eigenvalue weighted by atomic mass is 16.5. The Balaban J connectivity index is 1.91. The molecule has 3 nitrogen and oxygen atoms in total. The summed E-state index contributed by atoms with van der Waals surface area (Å²) in [7, 11) is 0. The van der Waals surface area contributed by atoms with E-state index >= 15 is 0 Å². The molecule has 0 amide bonds. The van der Waals surface area contributed by atoms with E-state index in [0.29, 0.717) is 16.9 Å². The number of ketones is 1. The van der Waals surface area contributed by atoms with Crippen LogP contribution in [-0.4, -0.2) is 17.0 Å². The average molecular weight is 240 g/mol. The standard InChI is InChI=1S/C15H12O3/c16-13(10-6-2-1-3-7-10)15-14(17)11-8-4-5-9-12(11)18-15/h1-9,14-15,17H.